The summed E-state index contributed by atoms with van der Waals surface area (Å²) in [7, 11) is -3.58. The third-order valence-electron chi connectivity index (χ3n) is 6.18. The Hall–Kier alpha value is -1.93. The van der Waals surface area contributed by atoms with Crippen LogP contribution in [0.25, 0.3) is 0 Å². The zero-order valence-corrected chi connectivity index (χ0v) is 18.8. The van der Waals surface area contributed by atoms with Crippen LogP contribution in [-0.2, 0) is 14.8 Å². The number of carbonyl (C=O) groups is 2. The second-order valence-corrected chi connectivity index (χ2v) is 10.1. The number of carbonyl (C=O) groups excluding carboxylic acids is 2. The Morgan fingerprint density at radius 1 is 1.00 bits per heavy atom. The van der Waals surface area contributed by atoms with Crippen LogP contribution in [0.1, 0.15) is 62.7 Å². The predicted octanol–water partition coefficient (Wildman–Crippen LogP) is 2.63. The molecule has 7 nitrogen and oxygen atoms in total. The molecule has 0 aromatic heterocycles. The van der Waals surface area contributed by atoms with E-state index in [-0.39, 0.29) is 28.7 Å². The van der Waals surface area contributed by atoms with E-state index < -0.39 is 10.0 Å². The fraction of sp³-hybridized carbons (Fsp3) is 0.636. The minimum absolute atomic E-state index is 0.00583. The van der Waals surface area contributed by atoms with E-state index >= 15 is 0 Å². The minimum atomic E-state index is -3.58. The van der Waals surface area contributed by atoms with Crippen LogP contribution in [0.15, 0.2) is 29.2 Å². The maximum atomic E-state index is 12.8. The molecule has 2 saturated heterocycles. The summed E-state index contributed by atoms with van der Waals surface area (Å²) in [5, 5.41) is 0. The first-order valence-corrected chi connectivity index (χ1v) is 12.5. The number of nitrogens with zero attached hydrogens (tertiary/aromatic N) is 2. The van der Waals surface area contributed by atoms with Crippen LogP contribution >= 0.6 is 0 Å². The number of rotatable bonds is 6. The van der Waals surface area contributed by atoms with Crippen LogP contribution in [0.3, 0.4) is 0 Å². The summed E-state index contributed by atoms with van der Waals surface area (Å²) < 4.78 is 27.4. The van der Waals surface area contributed by atoms with Gasteiger partial charge in [0.05, 0.1) is 4.90 Å². The number of piperidine rings is 2. The van der Waals surface area contributed by atoms with Crippen molar-refractivity contribution in [2.24, 2.45) is 5.92 Å². The van der Waals surface area contributed by atoms with Crippen molar-refractivity contribution in [3.8, 4) is 0 Å². The smallest absolute Gasteiger partial charge is 0.253 e. The molecule has 0 spiro atoms. The van der Waals surface area contributed by atoms with E-state index in [1.165, 1.54) is 18.6 Å². The van der Waals surface area contributed by atoms with E-state index in [1.54, 1.807) is 17.0 Å². The van der Waals surface area contributed by atoms with Crippen LogP contribution in [0, 0.1) is 5.92 Å². The van der Waals surface area contributed by atoms with Gasteiger partial charge in [-0.15, -0.1) is 0 Å². The normalized spacial score (nSPS) is 19.5. The van der Waals surface area contributed by atoms with Crippen molar-refractivity contribution in [1.82, 2.24) is 14.5 Å². The molecule has 1 N–H and O–H groups in total. The van der Waals surface area contributed by atoms with Crippen LogP contribution in [0.5, 0.6) is 0 Å². The summed E-state index contributed by atoms with van der Waals surface area (Å²) in [6.07, 6.45) is 5.44. The Bertz CT molecular complexity index is 840. The Kier molecular flexibility index (Phi) is 7.52. The first kappa shape index (κ1) is 22.7. The van der Waals surface area contributed by atoms with Crippen LogP contribution in [0.2, 0.25) is 0 Å². The van der Waals surface area contributed by atoms with E-state index in [0.29, 0.717) is 37.9 Å². The number of nitrogens with one attached hydrogen (secondary N) is 1. The van der Waals surface area contributed by atoms with Gasteiger partial charge in [0.25, 0.3) is 5.91 Å². The van der Waals surface area contributed by atoms with Crippen molar-refractivity contribution in [1.29, 1.82) is 0 Å². The number of benzene rings is 1. The van der Waals surface area contributed by atoms with E-state index in [0.717, 1.165) is 25.9 Å². The highest BCUT2D eigenvalue weighted by molar-refractivity contribution is 7.89. The Labute approximate surface area is 179 Å². The van der Waals surface area contributed by atoms with Crippen LogP contribution < -0.4 is 4.72 Å². The predicted molar refractivity (Wildman–Crippen MR) is 116 cm³/mol. The molecule has 166 valence electrons. The highest BCUT2D eigenvalue weighted by atomic mass is 32.2. The third kappa shape index (κ3) is 5.40. The van der Waals surface area contributed by atoms with Gasteiger partial charge in [-0.2, -0.15) is 0 Å². The summed E-state index contributed by atoms with van der Waals surface area (Å²) in [5.74, 6) is 0.133. The molecule has 0 radical (unpaired) electrons. The lowest BCUT2D eigenvalue weighted by Gasteiger charge is -2.35. The van der Waals surface area contributed by atoms with Gasteiger partial charge < -0.3 is 9.80 Å². The summed E-state index contributed by atoms with van der Waals surface area (Å²) in [6, 6.07) is 5.94. The van der Waals surface area contributed by atoms with Gasteiger partial charge in [-0.25, -0.2) is 13.1 Å². The molecule has 3 rings (SSSR count). The van der Waals surface area contributed by atoms with Gasteiger partial charge in [0.1, 0.15) is 0 Å². The SMILES string of the molecule is CCC(C)NS(=O)(=O)c1ccc(C(=O)N2CCC(C(=O)N3CCCCC3)CC2)cc1. The molecule has 0 bridgehead atoms. The molecule has 1 aromatic rings. The second-order valence-electron chi connectivity index (χ2n) is 8.41. The van der Waals surface area contributed by atoms with Crippen molar-refractivity contribution in [3.05, 3.63) is 29.8 Å². The molecule has 2 heterocycles. The summed E-state index contributed by atoms with van der Waals surface area (Å²) in [4.78, 5) is 29.4. The molecule has 1 atom stereocenters. The fourth-order valence-electron chi connectivity index (χ4n) is 4.08. The van der Waals surface area contributed by atoms with E-state index in [1.807, 2.05) is 18.7 Å². The highest BCUT2D eigenvalue weighted by Gasteiger charge is 2.31. The first-order valence-electron chi connectivity index (χ1n) is 11.0. The van der Waals surface area contributed by atoms with Crippen molar-refractivity contribution in [3.63, 3.8) is 0 Å². The summed E-state index contributed by atoms with van der Waals surface area (Å²) >= 11 is 0. The summed E-state index contributed by atoms with van der Waals surface area (Å²) in [5.41, 5.74) is 0.471. The van der Waals surface area contributed by atoms with Crippen molar-refractivity contribution in [2.75, 3.05) is 26.2 Å². The van der Waals surface area contributed by atoms with Gasteiger partial charge in [0, 0.05) is 43.7 Å². The van der Waals surface area contributed by atoms with Gasteiger partial charge >= 0.3 is 0 Å². The number of sulfonamides is 1. The molecule has 2 fully saturated rings. The molecular weight excluding hydrogens is 402 g/mol. The lowest BCUT2D eigenvalue weighted by molar-refractivity contribution is -0.137. The number of hydrogen-bond donors (Lipinski definition) is 1. The molecular formula is C22H33N3O4S. The Morgan fingerprint density at radius 3 is 2.17 bits per heavy atom. The van der Waals surface area contributed by atoms with Crippen molar-refractivity contribution in [2.45, 2.75) is 63.3 Å². The van der Waals surface area contributed by atoms with Crippen molar-refractivity contribution >= 4 is 21.8 Å². The van der Waals surface area contributed by atoms with Crippen LogP contribution in [-0.4, -0.2) is 62.3 Å². The first-order chi connectivity index (χ1) is 14.3. The topological polar surface area (TPSA) is 86.8 Å². The standard InChI is InChI=1S/C22H33N3O4S/c1-3-17(2)23-30(28,29)20-9-7-18(8-10-20)21(26)25-15-11-19(12-16-25)22(27)24-13-5-4-6-14-24/h7-10,17,19,23H,3-6,11-16H2,1-2H3. The second kappa shape index (κ2) is 9.92. The molecule has 0 aliphatic carbocycles. The van der Waals surface area contributed by atoms with Crippen molar-refractivity contribution < 1.29 is 18.0 Å². The average molecular weight is 436 g/mol. The fourth-order valence-corrected chi connectivity index (χ4v) is 5.40. The number of hydrogen-bond acceptors (Lipinski definition) is 4. The zero-order chi connectivity index (χ0) is 21.7. The highest BCUT2D eigenvalue weighted by Crippen LogP contribution is 2.23. The minimum Gasteiger partial charge on any atom is -0.342 e. The Balaban J connectivity index is 1.56. The molecule has 1 aromatic carbocycles. The van der Waals surface area contributed by atoms with Gasteiger partial charge in [-0.05, 0) is 69.7 Å². The summed E-state index contributed by atoms with van der Waals surface area (Å²) in [6.45, 7) is 6.56. The molecule has 8 heteroatoms. The van der Waals surface area contributed by atoms with Gasteiger partial charge in [-0.3, -0.25) is 9.59 Å². The molecule has 0 saturated carbocycles. The van der Waals surface area contributed by atoms with Gasteiger partial charge in [0.2, 0.25) is 15.9 Å². The van der Waals surface area contributed by atoms with Crippen LogP contribution in [0.4, 0.5) is 0 Å². The van der Waals surface area contributed by atoms with E-state index in [9.17, 15) is 18.0 Å². The molecule has 30 heavy (non-hydrogen) atoms. The van der Waals surface area contributed by atoms with Gasteiger partial charge in [0.15, 0.2) is 0 Å². The number of likely N-dealkylation sites (tertiary alicyclic amines) is 2. The molecule has 2 amide bonds. The maximum absolute atomic E-state index is 12.8. The Morgan fingerprint density at radius 2 is 1.60 bits per heavy atom. The quantitative estimate of drug-likeness (QED) is 0.744. The maximum Gasteiger partial charge on any atom is 0.253 e. The molecule has 2 aliphatic heterocycles. The zero-order valence-electron chi connectivity index (χ0n) is 18.0. The van der Waals surface area contributed by atoms with E-state index in [2.05, 4.69) is 4.72 Å². The van der Waals surface area contributed by atoms with E-state index in [4.69, 9.17) is 0 Å². The largest absolute Gasteiger partial charge is 0.342 e. The number of amides is 2. The van der Waals surface area contributed by atoms with Gasteiger partial charge in [-0.1, -0.05) is 6.92 Å². The lowest BCUT2D eigenvalue weighted by Crippen LogP contribution is -2.45. The third-order valence-corrected chi connectivity index (χ3v) is 7.78. The monoisotopic (exact) mass is 435 g/mol. The average Bonchev–Trinajstić information content (AvgIpc) is 2.78. The molecule has 2 aliphatic rings. The molecule has 1 unspecified atom stereocenters. The lowest BCUT2D eigenvalue weighted by atomic mass is 9.94.